The van der Waals surface area contributed by atoms with Crippen LogP contribution in [0.3, 0.4) is 0 Å². The number of urea groups is 1. The molecule has 4 N–H and O–H groups in total. The van der Waals surface area contributed by atoms with Crippen LogP contribution in [0.25, 0.3) is 11.0 Å². The topological polar surface area (TPSA) is 104 Å². The Morgan fingerprint density at radius 2 is 2.12 bits per heavy atom. The third-order valence-electron chi connectivity index (χ3n) is 5.16. The number of nitrogens with two attached hydrogens (primary N) is 1. The van der Waals surface area contributed by atoms with Crippen LogP contribution in [0.5, 0.6) is 0 Å². The van der Waals surface area contributed by atoms with E-state index >= 15 is 0 Å². The van der Waals surface area contributed by atoms with E-state index in [1.807, 2.05) is 4.90 Å². The third kappa shape index (κ3) is 4.33. The number of aromatic amines is 1. The van der Waals surface area contributed by atoms with Crippen molar-refractivity contribution in [2.24, 2.45) is 11.7 Å². The zero-order valence-electron chi connectivity index (χ0n) is 15.5. The highest BCUT2D eigenvalue weighted by molar-refractivity contribution is 5.77. The van der Waals surface area contributed by atoms with Gasteiger partial charge in [0.1, 0.15) is 5.82 Å². The Balaban J connectivity index is 1.55. The van der Waals surface area contributed by atoms with Crippen molar-refractivity contribution in [3.8, 4) is 0 Å². The quantitative estimate of drug-likeness (QED) is 0.765. The minimum absolute atomic E-state index is 0.0819. The minimum atomic E-state index is -0.276. The molecule has 0 spiro atoms. The van der Waals surface area contributed by atoms with Gasteiger partial charge in [-0.25, -0.2) is 9.78 Å². The zero-order valence-corrected chi connectivity index (χ0v) is 15.5. The molecule has 0 unspecified atom stereocenters. The largest absolute Gasteiger partial charge is 0.370 e. The molecular weight excluding hydrogens is 330 g/mol. The van der Waals surface area contributed by atoms with Gasteiger partial charge < -0.3 is 20.9 Å². The number of rotatable bonds is 5. The molecule has 1 aromatic heterocycles. The molecule has 2 heterocycles. The molecule has 140 valence electrons. The molecule has 3 amide bonds. The number of hydrogen-bond donors (Lipinski definition) is 3. The van der Waals surface area contributed by atoms with Crippen LogP contribution in [-0.4, -0.2) is 39.9 Å². The SMILES string of the molecule is Cc1cc2nc(CNC(=O)N3CCC[C@H](CCC(N)=O)C3)[nH]c2cc1C. The van der Waals surface area contributed by atoms with Crippen molar-refractivity contribution < 1.29 is 9.59 Å². The summed E-state index contributed by atoms with van der Waals surface area (Å²) >= 11 is 0. The molecule has 1 fully saturated rings. The van der Waals surface area contributed by atoms with Crippen LogP contribution in [0.15, 0.2) is 12.1 Å². The van der Waals surface area contributed by atoms with E-state index in [2.05, 4.69) is 41.3 Å². The number of piperidine rings is 1. The molecule has 1 aromatic carbocycles. The van der Waals surface area contributed by atoms with Gasteiger partial charge in [-0.05, 0) is 62.3 Å². The number of amides is 3. The van der Waals surface area contributed by atoms with Gasteiger partial charge in [0.2, 0.25) is 5.91 Å². The van der Waals surface area contributed by atoms with E-state index < -0.39 is 0 Å². The van der Waals surface area contributed by atoms with E-state index in [9.17, 15) is 9.59 Å². The summed E-state index contributed by atoms with van der Waals surface area (Å²) < 4.78 is 0. The van der Waals surface area contributed by atoms with Crippen LogP contribution in [-0.2, 0) is 11.3 Å². The molecule has 0 bridgehead atoms. The maximum Gasteiger partial charge on any atom is 0.317 e. The lowest BCUT2D eigenvalue weighted by Gasteiger charge is -2.32. The van der Waals surface area contributed by atoms with E-state index in [0.717, 1.165) is 42.7 Å². The number of imidazole rings is 1. The fourth-order valence-electron chi connectivity index (χ4n) is 3.51. The maximum atomic E-state index is 12.5. The number of likely N-dealkylation sites (tertiary alicyclic amines) is 1. The number of carbonyl (C=O) groups excluding carboxylic acids is 2. The Hall–Kier alpha value is -2.57. The Bertz CT molecular complexity index is 775. The fourth-order valence-corrected chi connectivity index (χ4v) is 3.51. The summed E-state index contributed by atoms with van der Waals surface area (Å²) in [7, 11) is 0. The third-order valence-corrected chi connectivity index (χ3v) is 5.16. The number of hydrogen-bond acceptors (Lipinski definition) is 3. The summed E-state index contributed by atoms with van der Waals surface area (Å²) in [5.41, 5.74) is 9.55. The Kier molecular flexibility index (Phi) is 5.44. The predicted octanol–water partition coefficient (Wildman–Crippen LogP) is 2.37. The van der Waals surface area contributed by atoms with Gasteiger partial charge in [0.05, 0.1) is 17.6 Å². The molecule has 26 heavy (non-hydrogen) atoms. The monoisotopic (exact) mass is 357 g/mol. The summed E-state index contributed by atoms with van der Waals surface area (Å²) in [4.78, 5) is 33.1. The first-order valence-electron chi connectivity index (χ1n) is 9.19. The first-order valence-corrected chi connectivity index (χ1v) is 9.19. The van der Waals surface area contributed by atoms with Crippen molar-refractivity contribution in [2.75, 3.05) is 13.1 Å². The Morgan fingerprint density at radius 3 is 2.88 bits per heavy atom. The van der Waals surface area contributed by atoms with Gasteiger partial charge in [-0.3, -0.25) is 4.79 Å². The second kappa shape index (κ2) is 7.76. The second-order valence-corrected chi connectivity index (χ2v) is 7.26. The van der Waals surface area contributed by atoms with Crippen LogP contribution in [0.4, 0.5) is 4.79 Å². The number of H-pyrrole nitrogens is 1. The molecule has 3 rings (SSSR count). The average Bonchev–Trinajstić information content (AvgIpc) is 3.00. The fraction of sp³-hybridized carbons (Fsp3) is 0.526. The lowest BCUT2D eigenvalue weighted by molar-refractivity contribution is -0.118. The highest BCUT2D eigenvalue weighted by atomic mass is 16.2. The van der Waals surface area contributed by atoms with E-state index in [-0.39, 0.29) is 11.9 Å². The van der Waals surface area contributed by atoms with Crippen molar-refractivity contribution in [3.05, 3.63) is 29.1 Å². The number of nitrogens with one attached hydrogen (secondary N) is 2. The molecule has 0 radical (unpaired) electrons. The Morgan fingerprint density at radius 1 is 1.35 bits per heavy atom. The lowest BCUT2D eigenvalue weighted by Crippen LogP contribution is -2.45. The number of carbonyl (C=O) groups is 2. The summed E-state index contributed by atoms with van der Waals surface area (Å²) in [5, 5.41) is 2.95. The highest BCUT2D eigenvalue weighted by Crippen LogP contribution is 2.21. The van der Waals surface area contributed by atoms with Gasteiger partial charge in [-0.15, -0.1) is 0 Å². The standard InChI is InChI=1S/C19H27N5O2/c1-12-8-15-16(9-13(12)2)23-18(22-15)10-21-19(26)24-7-3-4-14(11-24)5-6-17(20)25/h8-9,14H,3-7,10-11H2,1-2H3,(H2,20,25)(H,21,26)(H,22,23)/t14-/m1/s1. The molecule has 1 aliphatic rings. The van der Waals surface area contributed by atoms with Gasteiger partial charge >= 0.3 is 6.03 Å². The molecule has 7 nitrogen and oxygen atoms in total. The number of primary amides is 1. The van der Waals surface area contributed by atoms with Crippen molar-refractivity contribution >= 4 is 23.0 Å². The van der Waals surface area contributed by atoms with Crippen molar-refractivity contribution in [2.45, 2.75) is 46.1 Å². The molecule has 0 saturated carbocycles. The molecular formula is C19H27N5O2. The van der Waals surface area contributed by atoms with Gasteiger partial charge in [0.25, 0.3) is 0 Å². The van der Waals surface area contributed by atoms with Gasteiger partial charge in [0.15, 0.2) is 0 Å². The second-order valence-electron chi connectivity index (χ2n) is 7.26. The molecule has 1 atom stereocenters. The van der Waals surface area contributed by atoms with Crippen LogP contribution in [0.2, 0.25) is 0 Å². The lowest BCUT2D eigenvalue weighted by atomic mass is 9.93. The molecule has 2 aromatic rings. The first-order chi connectivity index (χ1) is 12.4. The minimum Gasteiger partial charge on any atom is -0.370 e. The molecule has 7 heteroatoms. The molecule has 0 aliphatic carbocycles. The van der Waals surface area contributed by atoms with Crippen LogP contribution >= 0.6 is 0 Å². The van der Waals surface area contributed by atoms with E-state index in [4.69, 9.17) is 5.73 Å². The van der Waals surface area contributed by atoms with Gasteiger partial charge in [-0.1, -0.05) is 0 Å². The van der Waals surface area contributed by atoms with E-state index in [1.165, 1.54) is 11.1 Å². The number of fused-ring (bicyclic) bond motifs is 1. The highest BCUT2D eigenvalue weighted by Gasteiger charge is 2.23. The normalized spacial score (nSPS) is 17.5. The number of nitrogens with zero attached hydrogens (tertiary/aromatic N) is 2. The predicted molar refractivity (Wildman–Crippen MR) is 101 cm³/mol. The van der Waals surface area contributed by atoms with Crippen molar-refractivity contribution in [1.29, 1.82) is 0 Å². The van der Waals surface area contributed by atoms with Crippen molar-refractivity contribution in [3.63, 3.8) is 0 Å². The van der Waals surface area contributed by atoms with Gasteiger partial charge in [0, 0.05) is 19.5 Å². The first kappa shape index (κ1) is 18.2. The van der Waals surface area contributed by atoms with Crippen LogP contribution < -0.4 is 11.1 Å². The van der Waals surface area contributed by atoms with Gasteiger partial charge in [-0.2, -0.15) is 0 Å². The maximum absolute atomic E-state index is 12.5. The smallest absolute Gasteiger partial charge is 0.317 e. The molecule has 1 aliphatic heterocycles. The zero-order chi connectivity index (χ0) is 18.7. The molecule has 1 saturated heterocycles. The van der Waals surface area contributed by atoms with Crippen molar-refractivity contribution in [1.82, 2.24) is 20.2 Å². The summed E-state index contributed by atoms with van der Waals surface area (Å²) in [6, 6.07) is 4.05. The van der Waals surface area contributed by atoms with Crippen LogP contribution in [0.1, 0.15) is 42.6 Å². The Labute approximate surface area is 153 Å². The van der Waals surface area contributed by atoms with Crippen LogP contribution in [0, 0.1) is 19.8 Å². The summed E-state index contributed by atoms with van der Waals surface area (Å²) in [6.07, 6.45) is 3.14. The number of aromatic nitrogens is 2. The number of benzene rings is 1. The van der Waals surface area contributed by atoms with E-state index in [0.29, 0.717) is 25.4 Å². The van der Waals surface area contributed by atoms with E-state index in [1.54, 1.807) is 0 Å². The summed E-state index contributed by atoms with van der Waals surface area (Å²) in [5.74, 6) is 0.821. The average molecular weight is 357 g/mol. The summed E-state index contributed by atoms with van der Waals surface area (Å²) in [6.45, 7) is 5.93. The number of aryl methyl sites for hydroxylation is 2.